The first kappa shape index (κ1) is 20.6. The van der Waals surface area contributed by atoms with Gasteiger partial charge in [0.25, 0.3) is 16.7 Å². The van der Waals surface area contributed by atoms with Gasteiger partial charge in [-0.05, 0) is 0 Å². The molecule has 1 aromatic carbocycles. The number of carbonyl (C=O) groups excluding carboxylic acids is 3. The molecule has 2 atom stereocenters. The lowest BCUT2D eigenvalue weighted by Gasteiger charge is -2.38. The maximum atomic E-state index is 12.6. The van der Waals surface area contributed by atoms with E-state index in [4.69, 9.17) is 10.3 Å². The lowest BCUT2D eigenvalue weighted by molar-refractivity contribution is -0.141. The van der Waals surface area contributed by atoms with Crippen LogP contribution >= 0.6 is 0 Å². The van der Waals surface area contributed by atoms with Gasteiger partial charge in [0.05, 0.1) is 6.54 Å². The number of hydrogen-bond acceptors (Lipinski definition) is 7. The Kier molecular flexibility index (Phi) is 5.15. The lowest BCUT2D eigenvalue weighted by Crippen LogP contribution is -2.70. The van der Waals surface area contributed by atoms with E-state index in [0.29, 0.717) is 0 Å². The van der Waals surface area contributed by atoms with E-state index in [9.17, 15) is 35.8 Å². The smallest absolute Gasteiger partial charge is 0.352 e. The number of hydrogen-bond donors (Lipinski definition) is 5. The van der Waals surface area contributed by atoms with Crippen molar-refractivity contribution in [3.8, 4) is 0 Å². The third-order valence-electron chi connectivity index (χ3n) is 3.66. The van der Waals surface area contributed by atoms with Crippen molar-refractivity contribution >= 4 is 38.3 Å². The van der Waals surface area contributed by atoms with Gasteiger partial charge in [-0.3, -0.25) is 18.7 Å². The molecular weight excluding hydrogens is 408 g/mol. The number of rotatable bonds is 6. The minimum atomic E-state index is -5.38. The molecule has 1 saturated heterocycles. The molecule has 15 heteroatoms. The van der Waals surface area contributed by atoms with Gasteiger partial charge in [-0.2, -0.15) is 16.8 Å². The number of nitrogens with one attached hydrogen (secondary N) is 2. The molecule has 4 amide bonds. The van der Waals surface area contributed by atoms with Gasteiger partial charge in [0.15, 0.2) is 0 Å². The molecule has 148 valence electrons. The molecule has 0 spiro atoms. The second kappa shape index (κ2) is 6.76. The number of urea groups is 1. The summed E-state index contributed by atoms with van der Waals surface area (Å²) < 4.78 is 64.4. The van der Waals surface area contributed by atoms with Gasteiger partial charge >= 0.3 is 26.5 Å². The first-order valence-electron chi connectivity index (χ1n) is 7.01. The lowest BCUT2D eigenvalue weighted by atomic mass is 10.0. The van der Waals surface area contributed by atoms with Gasteiger partial charge in [-0.15, -0.1) is 0 Å². The highest BCUT2D eigenvalue weighted by atomic mass is 32.2. The Morgan fingerprint density at radius 1 is 1.15 bits per heavy atom. The molecule has 13 nitrogen and oxygen atoms in total. The number of carbonyl (C=O) groups is 3. The fourth-order valence-electron chi connectivity index (χ4n) is 2.41. The highest BCUT2D eigenvalue weighted by molar-refractivity contribution is 7.87. The van der Waals surface area contributed by atoms with Crippen molar-refractivity contribution in [2.24, 2.45) is 5.73 Å². The van der Waals surface area contributed by atoms with E-state index in [2.05, 4.69) is 0 Å². The number of nitrogens with two attached hydrogens (primary N) is 1. The molecule has 1 aromatic rings. The van der Waals surface area contributed by atoms with Crippen molar-refractivity contribution in [3.63, 3.8) is 0 Å². The van der Waals surface area contributed by atoms with Gasteiger partial charge in [0.2, 0.25) is 0 Å². The molecule has 2 rings (SSSR count). The number of β-lactam (4-membered cyclic amide) rings is 1. The zero-order chi connectivity index (χ0) is 20.6. The molecule has 0 aliphatic carbocycles. The maximum absolute atomic E-state index is 12.6. The van der Waals surface area contributed by atoms with Crippen LogP contribution in [0, 0.1) is 0 Å². The van der Waals surface area contributed by atoms with Gasteiger partial charge in [0.1, 0.15) is 6.04 Å². The fourth-order valence-corrected chi connectivity index (χ4v) is 4.06. The Morgan fingerprint density at radius 3 is 2.11 bits per heavy atom. The first-order valence-corrected chi connectivity index (χ1v) is 9.84. The number of amides is 4. The Hall–Kier alpha value is -2.75. The van der Waals surface area contributed by atoms with Crippen molar-refractivity contribution in [1.29, 1.82) is 0 Å². The standard InChI is InChI=1S/C12H14N4O9S2/c13-11(19)15-12(26(20,21)22,7-4-2-1-3-5-7)10(18)14-8-6-16(9(8)17)27(23,24)25/h1-5,8H,6H2,(H,14,18)(H3,13,15,19)(H,20,21,22)(H,23,24,25). The van der Waals surface area contributed by atoms with Crippen LogP contribution in [-0.4, -0.2) is 60.7 Å². The zero-order valence-corrected chi connectivity index (χ0v) is 14.9. The summed E-state index contributed by atoms with van der Waals surface area (Å²) in [6.45, 7) is -0.684. The molecule has 1 aliphatic heterocycles. The summed E-state index contributed by atoms with van der Waals surface area (Å²) in [4.78, 5) is 32.6. The quantitative estimate of drug-likeness (QED) is 0.242. The first-order chi connectivity index (χ1) is 12.3. The zero-order valence-electron chi connectivity index (χ0n) is 13.3. The molecule has 27 heavy (non-hydrogen) atoms. The van der Waals surface area contributed by atoms with E-state index in [-0.39, 0.29) is 4.31 Å². The van der Waals surface area contributed by atoms with Crippen LogP contribution in [0.4, 0.5) is 4.79 Å². The maximum Gasteiger partial charge on any atom is 0.362 e. The van der Waals surface area contributed by atoms with Crippen LogP contribution in [0.3, 0.4) is 0 Å². The molecular formula is C12H14N4O9S2. The van der Waals surface area contributed by atoms with Crippen molar-refractivity contribution < 1.29 is 40.3 Å². The third-order valence-corrected chi connectivity index (χ3v) is 5.85. The summed E-state index contributed by atoms with van der Waals surface area (Å²) in [5.41, 5.74) is 4.54. The molecule has 0 saturated carbocycles. The van der Waals surface area contributed by atoms with Crippen molar-refractivity contribution in [3.05, 3.63) is 35.9 Å². The number of primary amides is 1. The van der Waals surface area contributed by atoms with Crippen LogP contribution in [-0.2, 0) is 34.9 Å². The predicted octanol–water partition coefficient (Wildman–Crippen LogP) is -2.47. The van der Waals surface area contributed by atoms with E-state index in [1.807, 2.05) is 5.32 Å². The average Bonchev–Trinajstić information content (AvgIpc) is 2.53. The van der Waals surface area contributed by atoms with E-state index < -0.39 is 61.3 Å². The fraction of sp³-hybridized carbons (Fsp3) is 0.250. The minimum absolute atomic E-state index is 0.0249. The topological polar surface area (TPSA) is 213 Å². The van der Waals surface area contributed by atoms with Crippen molar-refractivity contribution in [2.45, 2.75) is 10.9 Å². The highest BCUT2D eigenvalue weighted by Crippen LogP contribution is 2.28. The van der Waals surface area contributed by atoms with Crippen LogP contribution in [0.2, 0.25) is 0 Å². The van der Waals surface area contributed by atoms with Crippen LogP contribution in [0.1, 0.15) is 5.56 Å². The molecule has 1 heterocycles. The van der Waals surface area contributed by atoms with Gasteiger partial charge in [-0.25, -0.2) is 9.10 Å². The highest BCUT2D eigenvalue weighted by Gasteiger charge is 2.55. The summed E-state index contributed by atoms with van der Waals surface area (Å²) >= 11 is 0. The number of nitrogens with zero attached hydrogens (tertiary/aromatic N) is 1. The third kappa shape index (κ3) is 3.70. The average molecular weight is 422 g/mol. The van der Waals surface area contributed by atoms with E-state index in [0.717, 1.165) is 12.1 Å². The second-order valence-corrected chi connectivity index (χ2v) is 8.28. The Labute approximate surface area is 153 Å². The van der Waals surface area contributed by atoms with E-state index in [1.165, 1.54) is 18.2 Å². The molecule has 0 bridgehead atoms. The summed E-state index contributed by atoms with van der Waals surface area (Å²) in [5.74, 6) is -2.81. The number of benzene rings is 1. The van der Waals surface area contributed by atoms with Crippen molar-refractivity contribution in [1.82, 2.24) is 14.9 Å². The summed E-state index contributed by atoms with van der Waals surface area (Å²) in [6.07, 6.45) is 0. The Balaban J connectivity index is 2.44. The summed E-state index contributed by atoms with van der Waals surface area (Å²) in [5, 5.41) is 3.56. The molecule has 6 N–H and O–H groups in total. The van der Waals surface area contributed by atoms with E-state index in [1.54, 1.807) is 5.32 Å². The van der Waals surface area contributed by atoms with Crippen LogP contribution in [0.5, 0.6) is 0 Å². The molecule has 0 aromatic heterocycles. The van der Waals surface area contributed by atoms with Crippen molar-refractivity contribution in [2.75, 3.05) is 6.54 Å². The molecule has 0 radical (unpaired) electrons. The normalized spacial score (nSPS) is 19.6. The summed E-state index contributed by atoms with van der Waals surface area (Å²) in [7, 11) is -10.2. The predicted molar refractivity (Wildman–Crippen MR) is 87.6 cm³/mol. The monoisotopic (exact) mass is 422 g/mol. The van der Waals surface area contributed by atoms with Crippen LogP contribution in [0.15, 0.2) is 30.3 Å². The van der Waals surface area contributed by atoms with E-state index >= 15 is 0 Å². The Morgan fingerprint density at radius 2 is 1.70 bits per heavy atom. The second-order valence-electron chi connectivity index (χ2n) is 5.38. The van der Waals surface area contributed by atoms with Crippen LogP contribution in [0.25, 0.3) is 0 Å². The molecule has 2 unspecified atom stereocenters. The minimum Gasteiger partial charge on any atom is -0.352 e. The molecule has 1 aliphatic rings. The largest absolute Gasteiger partial charge is 0.362 e. The Bertz CT molecular complexity index is 993. The van der Waals surface area contributed by atoms with Gasteiger partial charge < -0.3 is 16.4 Å². The SMILES string of the molecule is NC(=O)NC(C(=O)NC1CN(S(=O)(=O)O)C1=O)(c1ccccc1)S(=O)(=O)O. The van der Waals surface area contributed by atoms with Gasteiger partial charge in [0, 0.05) is 5.56 Å². The van der Waals surface area contributed by atoms with Crippen LogP contribution < -0.4 is 16.4 Å². The van der Waals surface area contributed by atoms with Gasteiger partial charge in [-0.1, -0.05) is 30.3 Å². The molecule has 1 fully saturated rings. The summed E-state index contributed by atoms with van der Waals surface area (Å²) in [6, 6.07) is 3.25.